The molecule has 0 aliphatic carbocycles. The fourth-order valence-electron chi connectivity index (χ4n) is 1.16. The molecule has 2 aromatic heterocycles. The number of aromatic carboxylic acids is 1. The molecular weight excluding hydrogens is 200 g/mol. The zero-order valence-electron chi connectivity index (χ0n) is 7.39. The topological polar surface area (TPSA) is 122 Å². The van der Waals surface area contributed by atoms with Gasteiger partial charge in [-0.05, 0) is 6.07 Å². The van der Waals surface area contributed by atoms with Crippen molar-refractivity contribution in [3.05, 3.63) is 28.2 Å². The Kier molecular flexibility index (Phi) is 1.86. The third-order valence-electron chi connectivity index (χ3n) is 1.83. The van der Waals surface area contributed by atoms with Crippen molar-refractivity contribution in [2.75, 3.05) is 5.73 Å². The molecule has 7 heteroatoms. The first kappa shape index (κ1) is 9.13. The van der Waals surface area contributed by atoms with Gasteiger partial charge in [0.2, 0.25) is 5.95 Å². The molecule has 7 nitrogen and oxygen atoms in total. The Morgan fingerprint density at radius 3 is 2.93 bits per heavy atom. The standard InChI is InChI=1S/C8H6N4O3/c9-8-11-5-4(6(13)12-8)1-3(2-10-5)7(14)15/h1-2H,(H,14,15)(H3,9,10,11,12,13). The Bertz CT molecular complexity index is 604. The van der Waals surface area contributed by atoms with E-state index in [2.05, 4.69) is 15.0 Å². The summed E-state index contributed by atoms with van der Waals surface area (Å²) in [6, 6.07) is 1.20. The predicted octanol–water partition coefficient (Wildman–Crippen LogP) is -0.401. The second kappa shape index (κ2) is 3.05. The van der Waals surface area contributed by atoms with Gasteiger partial charge in [0.25, 0.3) is 5.56 Å². The number of pyridine rings is 1. The summed E-state index contributed by atoms with van der Waals surface area (Å²) in [5.74, 6) is -1.20. The number of nitrogens with one attached hydrogen (secondary N) is 1. The van der Waals surface area contributed by atoms with E-state index < -0.39 is 11.5 Å². The molecule has 0 aliphatic rings. The van der Waals surface area contributed by atoms with Gasteiger partial charge in [-0.15, -0.1) is 0 Å². The summed E-state index contributed by atoms with van der Waals surface area (Å²) < 4.78 is 0. The van der Waals surface area contributed by atoms with Gasteiger partial charge in [0.15, 0.2) is 5.65 Å². The van der Waals surface area contributed by atoms with Gasteiger partial charge in [0, 0.05) is 6.20 Å². The molecule has 0 amide bonds. The first-order valence-corrected chi connectivity index (χ1v) is 3.97. The van der Waals surface area contributed by atoms with Crippen LogP contribution in [0.15, 0.2) is 17.1 Å². The van der Waals surface area contributed by atoms with Crippen LogP contribution in [0, 0.1) is 0 Å². The number of carbonyl (C=O) groups is 1. The number of anilines is 1. The minimum absolute atomic E-state index is 0.0527. The van der Waals surface area contributed by atoms with E-state index in [-0.39, 0.29) is 22.5 Å². The van der Waals surface area contributed by atoms with E-state index >= 15 is 0 Å². The van der Waals surface area contributed by atoms with Gasteiger partial charge in [-0.3, -0.25) is 9.78 Å². The summed E-state index contributed by atoms with van der Waals surface area (Å²) in [6.07, 6.45) is 1.12. The van der Waals surface area contributed by atoms with Gasteiger partial charge < -0.3 is 10.8 Å². The van der Waals surface area contributed by atoms with Crippen molar-refractivity contribution in [3.63, 3.8) is 0 Å². The lowest BCUT2D eigenvalue weighted by Crippen LogP contribution is -2.13. The largest absolute Gasteiger partial charge is 0.478 e. The van der Waals surface area contributed by atoms with E-state index in [1.165, 1.54) is 6.07 Å². The highest BCUT2D eigenvalue weighted by atomic mass is 16.4. The molecular formula is C8H6N4O3. The number of carboxylic acid groups (broad SMARTS) is 1. The third kappa shape index (κ3) is 1.50. The quantitative estimate of drug-likeness (QED) is 0.583. The number of hydrogen-bond acceptors (Lipinski definition) is 5. The Morgan fingerprint density at radius 2 is 2.27 bits per heavy atom. The Labute approximate surface area is 82.6 Å². The second-order valence-electron chi connectivity index (χ2n) is 2.85. The maximum atomic E-state index is 11.4. The maximum Gasteiger partial charge on any atom is 0.337 e. The van der Waals surface area contributed by atoms with Gasteiger partial charge in [0.05, 0.1) is 10.9 Å². The van der Waals surface area contributed by atoms with Crippen molar-refractivity contribution < 1.29 is 9.90 Å². The average molecular weight is 206 g/mol. The smallest absolute Gasteiger partial charge is 0.337 e. The second-order valence-corrected chi connectivity index (χ2v) is 2.85. The van der Waals surface area contributed by atoms with E-state index in [1.807, 2.05) is 0 Å². The fraction of sp³-hybridized carbons (Fsp3) is 0. The van der Waals surface area contributed by atoms with Crippen molar-refractivity contribution in [1.82, 2.24) is 15.0 Å². The van der Waals surface area contributed by atoms with Crippen LogP contribution in [0.1, 0.15) is 10.4 Å². The number of H-pyrrole nitrogens is 1. The highest BCUT2D eigenvalue weighted by molar-refractivity contribution is 5.91. The normalized spacial score (nSPS) is 10.4. The molecule has 0 atom stereocenters. The number of nitrogens with zero attached hydrogens (tertiary/aromatic N) is 2. The zero-order valence-corrected chi connectivity index (χ0v) is 7.39. The Morgan fingerprint density at radius 1 is 1.53 bits per heavy atom. The van der Waals surface area contributed by atoms with Crippen molar-refractivity contribution in [1.29, 1.82) is 0 Å². The molecule has 0 fully saturated rings. The van der Waals surface area contributed by atoms with Crippen LogP contribution in [-0.2, 0) is 0 Å². The summed E-state index contributed by atoms with van der Waals surface area (Å²) in [4.78, 5) is 31.7. The van der Waals surface area contributed by atoms with Crippen LogP contribution in [0.5, 0.6) is 0 Å². The first-order valence-electron chi connectivity index (χ1n) is 3.97. The summed E-state index contributed by atoms with van der Waals surface area (Å²) in [6.45, 7) is 0. The Balaban J connectivity index is 2.83. The fourth-order valence-corrected chi connectivity index (χ4v) is 1.16. The molecule has 2 aromatic rings. The molecule has 0 aliphatic heterocycles. The number of aromatic nitrogens is 3. The highest BCUT2D eigenvalue weighted by Crippen LogP contribution is 2.07. The number of fused-ring (bicyclic) bond motifs is 1. The molecule has 4 N–H and O–H groups in total. The minimum Gasteiger partial charge on any atom is -0.478 e. The minimum atomic E-state index is -1.15. The molecule has 76 valence electrons. The molecule has 0 saturated carbocycles. The van der Waals surface area contributed by atoms with E-state index in [4.69, 9.17) is 10.8 Å². The van der Waals surface area contributed by atoms with Crippen LogP contribution in [0.25, 0.3) is 11.0 Å². The number of rotatable bonds is 1. The molecule has 0 radical (unpaired) electrons. The van der Waals surface area contributed by atoms with Gasteiger partial charge >= 0.3 is 5.97 Å². The number of nitrogen functional groups attached to an aromatic ring is 1. The number of carboxylic acids is 1. The van der Waals surface area contributed by atoms with Crippen molar-refractivity contribution in [2.24, 2.45) is 0 Å². The van der Waals surface area contributed by atoms with Gasteiger partial charge in [-0.1, -0.05) is 0 Å². The summed E-state index contributed by atoms with van der Waals surface area (Å²) in [5.41, 5.74) is 4.85. The van der Waals surface area contributed by atoms with Crippen molar-refractivity contribution >= 4 is 23.0 Å². The van der Waals surface area contributed by atoms with Crippen LogP contribution in [0.4, 0.5) is 5.95 Å². The molecule has 15 heavy (non-hydrogen) atoms. The lowest BCUT2D eigenvalue weighted by atomic mass is 10.2. The molecule has 0 spiro atoms. The van der Waals surface area contributed by atoms with Crippen molar-refractivity contribution in [2.45, 2.75) is 0 Å². The summed E-state index contributed by atoms with van der Waals surface area (Å²) in [7, 11) is 0. The molecule has 0 bridgehead atoms. The Hall–Kier alpha value is -2.44. The van der Waals surface area contributed by atoms with E-state index in [1.54, 1.807) is 0 Å². The number of aromatic amines is 1. The lowest BCUT2D eigenvalue weighted by Gasteiger charge is -1.98. The third-order valence-corrected chi connectivity index (χ3v) is 1.83. The first-order chi connectivity index (χ1) is 7.08. The van der Waals surface area contributed by atoms with E-state index in [9.17, 15) is 9.59 Å². The maximum absolute atomic E-state index is 11.4. The average Bonchev–Trinajstić information content (AvgIpc) is 2.16. The molecule has 2 rings (SSSR count). The highest BCUT2D eigenvalue weighted by Gasteiger charge is 2.08. The van der Waals surface area contributed by atoms with Gasteiger partial charge in [-0.25, -0.2) is 9.78 Å². The van der Waals surface area contributed by atoms with E-state index in [0.717, 1.165) is 6.20 Å². The predicted molar refractivity (Wildman–Crippen MR) is 51.5 cm³/mol. The van der Waals surface area contributed by atoms with Crippen LogP contribution >= 0.6 is 0 Å². The molecule has 0 saturated heterocycles. The van der Waals surface area contributed by atoms with Crippen LogP contribution in [0.3, 0.4) is 0 Å². The van der Waals surface area contributed by atoms with Crippen LogP contribution < -0.4 is 11.3 Å². The number of nitrogens with two attached hydrogens (primary N) is 1. The number of hydrogen-bond donors (Lipinski definition) is 3. The summed E-state index contributed by atoms with van der Waals surface area (Å²) in [5, 5.41) is 8.79. The van der Waals surface area contributed by atoms with Gasteiger partial charge in [-0.2, -0.15) is 4.98 Å². The molecule has 0 unspecified atom stereocenters. The van der Waals surface area contributed by atoms with E-state index in [0.29, 0.717) is 0 Å². The molecule has 0 aromatic carbocycles. The van der Waals surface area contributed by atoms with Crippen molar-refractivity contribution in [3.8, 4) is 0 Å². The monoisotopic (exact) mass is 206 g/mol. The van der Waals surface area contributed by atoms with Crippen LogP contribution in [0.2, 0.25) is 0 Å². The summed E-state index contributed by atoms with van der Waals surface area (Å²) >= 11 is 0. The lowest BCUT2D eigenvalue weighted by molar-refractivity contribution is 0.0696. The van der Waals surface area contributed by atoms with Crippen LogP contribution in [-0.4, -0.2) is 26.0 Å². The zero-order chi connectivity index (χ0) is 11.0. The van der Waals surface area contributed by atoms with Gasteiger partial charge in [0.1, 0.15) is 0 Å². The molecule has 2 heterocycles. The SMILES string of the molecule is Nc1nc2ncc(C(=O)O)cc2c(=O)[nH]1.